The molecule has 11 rings (SSSR count). The van der Waals surface area contributed by atoms with Crippen LogP contribution in [-0.2, 0) is 10.8 Å². The number of hydrogen-bond donors (Lipinski definition) is 0. The fourth-order valence-corrected chi connectivity index (χ4v) is 10.4. The Balaban J connectivity index is 1.25. The van der Waals surface area contributed by atoms with Gasteiger partial charge < -0.3 is 4.90 Å². The molecule has 3 aliphatic carbocycles. The molecular formula is C56H41N. The normalized spacial score (nSPS) is 18.6. The van der Waals surface area contributed by atoms with Crippen LogP contribution in [-0.4, -0.2) is 0 Å². The van der Waals surface area contributed by atoms with E-state index in [1.807, 2.05) is 0 Å². The Hall–Kier alpha value is -6.96. The largest absolute Gasteiger partial charge is 0.310 e. The standard InChI is InChI=1S/C56H41N/c1-5-20-40(21-6-1)41-36-38-45(39-37-41)57(44-26-11-4-12-27-44)53-35-18-17-33-51(53)55(42-22-7-2-8-23-42)49-31-15-16-32-50(49)56(43-24-9-3-10-25-43)48-30-14-13-28-46(48)47-29-19-34-52(55)54(47)56/h2-5,7-39H,1,6H2. The average molecular weight is 728 g/mol. The first-order chi connectivity index (χ1) is 28.3. The van der Waals surface area contributed by atoms with E-state index in [1.54, 1.807) is 0 Å². The summed E-state index contributed by atoms with van der Waals surface area (Å²) < 4.78 is 0. The number of benzene rings is 8. The van der Waals surface area contributed by atoms with E-state index in [1.165, 1.54) is 66.8 Å². The second kappa shape index (κ2) is 13.4. The Kier molecular flexibility index (Phi) is 7.82. The Bertz CT molecular complexity index is 2830. The van der Waals surface area contributed by atoms with Crippen LogP contribution < -0.4 is 4.90 Å². The van der Waals surface area contributed by atoms with E-state index in [0.717, 1.165) is 29.9 Å². The summed E-state index contributed by atoms with van der Waals surface area (Å²) in [6.45, 7) is 0. The Morgan fingerprint density at radius 3 is 1.58 bits per heavy atom. The summed E-state index contributed by atoms with van der Waals surface area (Å²) >= 11 is 0. The summed E-state index contributed by atoms with van der Waals surface area (Å²) in [5.41, 5.74) is 17.8. The van der Waals surface area contributed by atoms with Gasteiger partial charge >= 0.3 is 0 Å². The van der Waals surface area contributed by atoms with Crippen LogP contribution in [0.3, 0.4) is 0 Å². The third-order valence-corrected chi connectivity index (χ3v) is 12.6. The topological polar surface area (TPSA) is 3.24 Å². The van der Waals surface area contributed by atoms with Crippen molar-refractivity contribution >= 4 is 22.6 Å². The quantitative estimate of drug-likeness (QED) is 0.158. The summed E-state index contributed by atoms with van der Waals surface area (Å²) in [6, 6.07) is 77.1. The molecule has 0 radical (unpaired) electrons. The van der Waals surface area contributed by atoms with Crippen LogP contribution in [0.5, 0.6) is 0 Å². The molecule has 0 aromatic heterocycles. The van der Waals surface area contributed by atoms with Crippen molar-refractivity contribution < 1.29 is 0 Å². The van der Waals surface area contributed by atoms with E-state index >= 15 is 0 Å². The minimum absolute atomic E-state index is 0.495. The van der Waals surface area contributed by atoms with Crippen LogP contribution in [0.15, 0.2) is 224 Å². The molecule has 0 heterocycles. The van der Waals surface area contributed by atoms with Gasteiger partial charge in [-0.25, -0.2) is 0 Å². The van der Waals surface area contributed by atoms with E-state index in [0.29, 0.717) is 0 Å². The van der Waals surface area contributed by atoms with E-state index < -0.39 is 10.8 Å². The van der Waals surface area contributed by atoms with Gasteiger partial charge in [0.05, 0.1) is 16.5 Å². The zero-order valence-electron chi connectivity index (χ0n) is 31.7. The highest BCUT2D eigenvalue weighted by molar-refractivity contribution is 5.93. The van der Waals surface area contributed by atoms with E-state index in [9.17, 15) is 0 Å². The number of hydrogen-bond acceptors (Lipinski definition) is 1. The van der Waals surface area contributed by atoms with Crippen molar-refractivity contribution in [2.24, 2.45) is 0 Å². The minimum Gasteiger partial charge on any atom is -0.310 e. The second-order valence-electron chi connectivity index (χ2n) is 15.4. The zero-order valence-corrected chi connectivity index (χ0v) is 31.7. The molecule has 8 aromatic rings. The van der Waals surface area contributed by atoms with Crippen molar-refractivity contribution in [3.05, 3.63) is 275 Å². The van der Waals surface area contributed by atoms with E-state index in [4.69, 9.17) is 0 Å². The van der Waals surface area contributed by atoms with Gasteiger partial charge in [0.1, 0.15) is 0 Å². The molecule has 8 aromatic carbocycles. The smallest absolute Gasteiger partial charge is 0.0728 e. The minimum atomic E-state index is -0.676. The molecule has 0 saturated carbocycles. The van der Waals surface area contributed by atoms with Gasteiger partial charge in [-0.05, 0) is 110 Å². The summed E-state index contributed by atoms with van der Waals surface area (Å²) in [7, 11) is 0. The van der Waals surface area contributed by atoms with Gasteiger partial charge in [-0.1, -0.05) is 194 Å². The first kappa shape index (κ1) is 33.4. The predicted octanol–water partition coefficient (Wildman–Crippen LogP) is 13.9. The molecule has 0 fully saturated rings. The molecule has 0 saturated heterocycles. The van der Waals surface area contributed by atoms with Crippen molar-refractivity contribution in [2.45, 2.75) is 23.7 Å². The lowest BCUT2D eigenvalue weighted by Crippen LogP contribution is -2.44. The van der Waals surface area contributed by atoms with Crippen molar-refractivity contribution in [3.8, 4) is 11.1 Å². The van der Waals surface area contributed by atoms with E-state index in [2.05, 4.69) is 229 Å². The van der Waals surface area contributed by atoms with Gasteiger partial charge in [-0.15, -0.1) is 0 Å². The molecule has 0 aliphatic heterocycles. The van der Waals surface area contributed by atoms with Gasteiger partial charge in [0, 0.05) is 11.4 Å². The van der Waals surface area contributed by atoms with Crippen LogP contribution in [0.2, 0.25) is 0 Å². The first-order valence-corrected chi connectivity index (χ1v) is 20.2. The Morgan fingerprint density at radius 2 is 0.895 bits per heavy atom. The van der Waals surface area contributed by atoms with Crippen molar-refractivity contribution in [3.63, 3.8) is 0 Å². The number of fused-ring (bicyclic) bond motifs is 5. The molecule has 57 heavy (non-hydrogen) atoms. The summed E-state index contributed by atoms with van der Waals surface area (Å²) in [4.78, 5) is 2.47. The number of rotatable bonds is 7. The number of anilines is 3. The predicted molar refractivity (Wildman–Crippen MR) is 237 cm³/mol. The number of nitrogens with zero attached hydrogens (tertiary/aromatic N) is 1. The van der Waals surface area contributed by atoms with Gasteiger partial charge in [0.2, 0.25) is 0 Å². The summed E-state index contributed by atoms with van der Waals surface area (Å²) in [6.07, 6.45) is 9.09. The van der Waals surface area contributed by atoms with Crippen molar-refractivity contribution in [2.75, 3.05) is 4.90 Å². The second-order valence-corrected chi connectivity index (χ2v) is 15.4. The molecular weight excluding hydrogens is 687 g/mol. The summed E-state index contributed by atoms with van der Waals surface area (Å²) in [5.74, 6) is 0. The molecule has 0 spiro atoms. The Morgan fingerprint density at radius 1 is 0.368 bits per heavy atom. The van der Waals surface area contributed by atoms with Crippen LogP contribution in [0.4, 0.5) is 17.1 Å². The maximum absolute atomic E-state index is 2.47. The van der Waals surface area contributed by atoms with Gasteiger partial charge in [-0.2, -0.15) is 0 Å². The lowest BCUT2D eigenvalue weighted by Gasteiger charge is -2.50. The fraction of sp³-hybridized carbons (Fsp3) is 0.0714. The average Bonchev–Trinajstić information content (AvgIpc) is 3.61. The summed E-state index contributed by atoms with van der Waals surface area (Å²) in [5, 5.41) is 0. The third-order valence-electron chi connectivity index (χ3n) is 12.6. The molecule has 0 amide bonds. The van der Waals surface area contributed by atoms with Gasteiger partial charge in [0.15, 0.2) is 0 Å². The SMILES string of the molecule is C1=CC(c2ccc(N(c3ccccc3)c3ccccc3C3(c4ccccc4)c4ccccc4C4(c5ccccc5)c5ccccc5-c5cccc3c54)cc2)=CCC1. The zero-order chi connectivity index (χ0) is 37.8. The molecule has 0 bridgehead atoms. The monoisotopic (exact) mass is 727 g/mol. The fourth-order valence-electron chi connectivity index (χ4n) is 10.4. The maximum Gasteiger partial charge on any atom is 0.0728 e. The van der Waals surface area contributed by atoms with Crippen LogP contribution in [0, 0.1) is 0 Å². The molecule has 2 unspecified atom stereocenters. The molecule has 270 valence electrons. The van der Waals surface area contributed by atoms with Crippen LogP contribution >= 0.6 is 0 Å². The lowest BCUT2D eigenvalue weighted by atomic mass is 9.51. The first-order valence-electron chi connectivity index (χ1n) is 20.2. The van der Waals surface area contributed by atoms with Crippen LogP contribution in [0.25, 0.3) is 16.7 Å². The Labute approximate surface area is 335 Å². The lowest BCUT2D eigenvalue weighted by molar-refractivity contribution is 0.627. The maximum atomic E-state index is 2.47. The third kappa shape index (κ3) is 4.82. The van der Waals surface area contributed by atoms with E-state index in [-0.39, 0.29) is 0 Å². The molecule has 3 aliphatic rings. The number of allylic oxidation sites excluding steroid dienone is 4. The molecule has 1 heteroatoms. The molecule has 0 N–H and O–H groups in total. The molecule has 2 atom stereocenters. The van der Waals surface area contributed by atoms with Crippen LogP contribution in [0.1, 0.15) is 62.9 Å². The van der Waals surface area contributed by atoms with Gasteiger partial charge in [-0.3, -0.25) is 0 Å². The van der Waals surface area contributed by atoms with Crippen molar-refractivity contribution in [1.29, 1.82) is 0 Å². The van der Waals surface area contributed by atoms with Gasteiger partial charge in [0.25, 0.3) is 0 Å². The number of para-hydroxylation sites is 2. The highest BCUT2D eigenvalue weighted by atomic mass is 15.1. The highest BCUT2D eigenvalue weighted by Gasteiger charge is 2.58. The molecule has 1 nitrogen and oxygen atoms in total. The van der Waals surface area contributed by atoms with Crippen molar-refractivity contribution in [1.82, 2.24) is 0 Å². The highest BCUT2D eigenvalue weighted by Crippen LogP contribution is 2.66.